The number of halogens is 1. The van der Waals surface area contributed by atoms with Gasteiger partial charge in [0.1, 0.15) is 11.8 Å². The summed E-state index contributed by atoms with van der Waals surface area (Å²) in [5.74, 6) is 2.24. The van der Waals surface area contributed by atoms with E-state index in [4.69, 9.17) is 0 Å². The molecule has 1 unspecified atom stereocenters. The number of piperidine rings is 3. The van der Waals surface area contributed by atoms with E-state index in [0.29, 0.717) is 11.8 Å². The maximum absolute atomic E-state index is 9.77. The Bertz CT molecular complexity index is 755. The molecule has 3 nitrogen and oxygen atoms in total. The summed E-state index contributed by atoms with van der Waals surface area (Å²) in [6.07, 6.45) is 5.35. The molecule has 3 saturated heterocycles. The molecule has 0 amide bonds. The normalized spacial score (nSPS) is 34.7. The Kier molecular flexibility index (Phi) is 3.44. The molecule has 4 atom stereocenters. The Morgan fingerprint density at radius 3 is 3.00 bits per heavy atom. The molecule has 6 rings (SSSR count). The SMILES string of the molecule is CC[C@H]1C[N+]23CCc4c([nH]c5cc(O)ccc45)[C@@H]2C[C@@H]1CC3.[Cl-]. The van der Waals surface area contributed by atoms with Crippen molar-refractivity contribution in [1.82, 2.24) is 4.98 Å². The summed E-state index contributed by atoms with van der Waals surface area (Å²) in [5.41, 5.74) is 4.15. The molecule has 1 aromatic heterocycles. The number of quaternary nitrogens is 1. The number of rotatable bonds is 1. The van der Waals surface area contributed by atoms with Crippen LogP contribution in [0.2, 0.25) is 0 Å². The highest BCUT2D eigenvalue weighted by Crippen LogP contribution is 2.53. The zero-order chi connectivity index (χ0) is 14.9. The van der Waals surface area contributed by atoms with Crippen LogP contribution < -0.4 is 12.4 Å². The third-order valence-electron chi connectivity index (χ3n) is 6.98. The summed E-state index contributed by atoms with van der Waals surface area (Å²) >= 11 is 0. The Hall–Kier alpha value is -1.19. The Balaban J connectivity index is 0.00000135. The lowest BCUT2D eigenvalue weighted by atomic mass is 9.70. The van der Waals surface area contributed by atoms with E-state index in [9.17, 15) is 5.11 Å². The van der Waals surface area contributed by atoms with E-state index in [1.165, 1.54) is 66.4 Å². The summed E-state index contributed by atoms with van der Waals surface area (Å²) in [4.78, 5) is 3.69. The first-order valence-corrected chi connectivity index (χ1v) is 8.89. The van der Waals surface area contributed by atoms with Crippen LogP contribution in [0.5, 0.6) is 5.75 Å². The second-order valence-electron chi connectivity index (χ2n) is 7.81. The number of benzene rings is 1. The molecule has 2 bridgehead atoms. The molecule has 1 spiro atoms. The molecule has 4 heteroatoms. The number of aromatic nitrogens is 1. The molecule has 4 aliphatic rings. The molecular formula is C19H25ClN2O. The van der Waals surface area contributed by atoms with Gasteiger partial charge in [0.25, 0.3) is 0 Å². The number of nitrogens with zero attached hydrogens (tertiary/aromatic N) is 1. The van der Waals surface area contributed by atoms with Gasteiger partial charge in [0.15, 0.2) is 0 Å². The predicted octanol–water partition coefficient (Wildman–Crippen LogP) is 0.741. The van der Waals surface area contributed by atoms with E-state index in [0.717, 1.165) is 17.4 Å². The lowest BCUT2D eigenvalue weighted by Crippen LogP contribution is -3.00. The van der Waals surface area contributed by atoms with Crippen molar-refractivity contribution in [1.29, 1.82) is 0 Å². The fraction of sp³-hybridized carbons (Fsp3) is 0.579. The van der Waals surface area contributed by atoms with Crippen LogP contribution in [0.25, 0.3) is 10.9 Å². The number of nitrogens with one attached hydrogen (secondary N) is 1. The van der Waals surface area contributed by atoms with Crippen molar-refractivity contribution in [2.24, 2.45) is 11.8 Å². The zero-order valence-corrected chi connectivity index (χ0v) is 14.4. The van der Waals surface area contributed by atoms with Crippen LogP contribution in [0.15, 0.2) is 18.2 Å². The summed E-state index contributed by atoms with van der Waals surface area (Å²) in [6, 6.07) is 6.50. The second-order valence-corrected chi connectivity index (χ2v) is 7.81. The van der Waals surface area contributed by atoms with Gasteiger partial charge in [0.05, 0.1) is 25.3 Å². The molecule has 2 aromatic rings. The smallest absolute Gasteiger partial charge is 0.130 e. The number of fused-ring (bicyclic) bond motifs is 5. The maximum Gasteiger partial charge on any atom is 0.130 e. The predicted molar refractivity (Wildman–Crippen MR) is 87.8 cm³/mol. The maximum atomic E-state index is 9.77. The fourth-order valence-corrected chi connectivity index (χ4v) is 5.84. The van der Waals surface area contributed by atoms with Crippen molar-refractivity contribution in [3.05, 3.63) is 29.5 Å². The molecule has 5 heterocycles. The molecule has 0 saturated carbocycles. The van der Waals surface area contributed by atoms with Crippen LogP contribution in [-0.2, 0) is 6.42 Å². The average Bonchev–Trinajstić information content (AvgIpc) is 2.91. The fourth-order valence-electron chi connectivity index (χ4n) is 5.84. The average molecular weight is 333 g/mol. The minimum absolute atomic E-state index is 0. The molecule has 124 valence electrons. The Labute approximate surface area is 143 Å². The molecule has 1 aromatic carbocycles. The second kappa shape index (κ2) is 5.15. The first kappa shape index (κ1) is 15.3. The largest absolute Gasteiger partial charge is 1.00 e. The number of aromatic hydroxyl groups is 1. The molecule has 3 fully saturated rings. The van der Waals surface area contributed by atoms with Crippen LogP contribution in [0, 0.1) is 11.8 Å². The summed E-state index contributed by atoms with van der Waals surface area (Å²) in [7, 11) is 0. The number of hydrogen-bond acceptors (Lipinski definition) is 1. The van der Waals surface area contributed by atoms with Crippen molar-refractivity contribution in [3.8, 4) is 5.75 Å². The van der Waals surface area contributed by atoms with E-state index in [1.807, 2.05) is 12.1 Å². The van der Waals surface area contributed by atoms with E-state index in [1.54, 1.807) is 0 Å². The summed E-state index contributed by atoms with van der Waals surface area (Å²) < 4.78 is 1.33. The van der Waals surface area contributed by atoms with Crippen LogP contribution in [0.1, 0.15) is 43.5 Å². The number of aromatic amines is 1. The van der Waals surface area contributed by atoms with Gasteiger partial charge >= 0.3 is 0 Å². The van der Waals surface area contributed by atoms with Crippen molar-refractivity contribution in [2.45, 2.75) is 38.6 Å². The van der Waals surface area contributed by atoms with Crippen LogP contribution in [0.4, 0.5) is 0 Å². The van der Waals surface area contributed by atoms with Gasteiger partial charge in [-0.2, -0.15) is 0 Å². The highest BCUT2D eigenvalue weighted by Gasteiger charge is 2.54. The highest BCUT2D eigenvalue weighted by molar-refractivity contribution is 5.86. The number of H-pyrrole nitrogens is 1. The lowest BCUT2D eigenvalue weighted by Gasteiger charge is -2.59. The van der Waals surface area contributed by atoms with Crippen molar-refractivity contribution in [3.63, 3.8) is 0 Å². The minimum Gasteiger partial charge on any atom is -1.00 e. The standard InChI is InChI=1S/C19H24N2O.ClH/c1-2-12-11-21-7-5-13(12)9-18(21)19-16(6-8-21)15-4-3-14(22)10-17(15)20-19;/h3-4,10,12-13,18,20H,2,5-9,11H2,1H3;1H/t12-,13-,18-,21?;/m0./s1. The first-order chi connectivity index (χ1) is 10.7. The molecule has 0 radical (unpaired) electrons. The minimum atomic E-state index is 0. The highest BCUT2D eigenvalue weighted by atomic mass is 35.5. The quantitative estimate of drug-likeness (QED) is 0.743. The van der Waals surface area contributed by atoms with Gasteiger partial charge in [0, 0.05) is 42.1 Å². The first-order valence-electron chi connectivity index (χ1n) is 8.89. The molecule has 4 aliphatic heterocycles. The number of phenolic OH excluding ortho intramolecular Hbond substituents is 1. The van der Waals surface area contributed by atoms with Gasteiger partial charge in [-0.05, 0) is 30.0 Å². The van der Waals surface area contributed by atoms with Crippen LogP contribution in [0.3, 0.4) is 0 Å². The molecule has 23 heavy (non-hydrogen) atoms. The topological polar surface area (TPSA) is 36.0 Å². The monoisotopic (exact) mass is 332 g/mol. The van der Waals surface area contributed by atoms with Crippen molar-refractivity contribution >= 4 is 10.9 Å². The van der Waals surface area contributed by atoms with Crippen molar-refractivity contribution < 1.29 is 22.0 Å². The van der Waals surface area contributed by atoms with Crippen molar-refractivity contribution in [2.75, 3.05) is 19.6 Å². The molecular weight excluding hydrogens is 308 g/mol. The Morgan fingerprint density at radius 1 is 1.30 bits per heavy atom. The summed E-state index contributed by atoms with van der Waals surface area (Å²) in [6.45, 7) is 6.47. The van der Waals surface area contributed by atoms with Gasteiger partial charge in [0.2, 0.25) is 0 Å². The summed E-state index contributed by atoms with van der Waals surface area (Å²) in [5, 5.41) is 11.1. The van der Waals surface area contributed by atoms with Crippen LogP contribution in [-0.4, -0.2) is 34.2 Å². The van der Waals surface area contributed by atoms with E-state index in [2.05, 4.69) is 18.0 Å². The number of phenols is 1. The van der Waals surface area contributed by atoms with E-state index in [-0.39, 0.29) is 12.4 Å². The third-order valence-corrected chi connectivity index (χ3v) is 6.98. The van der Waals surface area contributed by atoms with Gasteiger partial charge in [-0.15, -0.1) is 0 Å². The van der Waals surface area contributed by atoms with Gasteiger partial charge in [-0.1, -0.05) is 6.92 Å². The van der Waals surface area contributed by atoms with E-state index >= 15 is 0 Å². The van der Waals surface area contributed by atoms with Gasteiger partial charge in [-0.25, -0.2) is 0 Å². The molecule has 2 N–H and O–H groups in total. The van der Waals surface area contributed by atoms with Gasteiger partial charge in [-0.3, -0.25) is 0 Å². The van der Waals surface area contributed by atoms with E-state index < -0.39 is 0 Å². The zero-order valence-electron chi connectivity index (χ0n) is 13.7. The Morgan fingerprint density at radius 2 is 2.17 bits per heavy atom. The third kappa shape index (κ3) is 1.99. The number of hydrogen-bond donors (Lipinski definition) is 2. The molecule has 0 aliphatic carbocycles. The lowest BCUT2D eigenvalue weighted by molar-refractivity contribution is -0.978. The van der Waals surface area contributed by atoms with Gasteiger partial charge < -0.3 is 27.0 Å². The van der Waals surface area contributed by atoms with Crippen LogP contribution >= 0.6 is 0 Å².